The summed E-state index contributed by atoms with van der Waals surface area (Å²) in [6.45, 7) is 0. The Hall–Kier alpha value is -2.57. The molecule has 102 valence electrons. The molecule has 0 N–H and O–H groups in total. The second-order valence-electron chi connectivity index (χ2n) is 3.10. The SMILES string of the molecule is COc1cnc([N+](=O)[O-])c(CC#N)c1OC(F)(F)F. The Bertz CT molecular complexity index is 539. The van der Waals surface area contributed by atoms with Crippen molar-refractivity contribution in [3.63, 3.8) is 0 Å². The Balaban J connectivity index is 3.48. The number of nitro groups is 1. The molecular formula is C9H6F3N3O4. The van der Waals surface area contributed by atoms with E-state index < -0.39 is 40.6 Å². The summed E-state index contributed by atoms with van der Waals surface area (Å²) >= 11 is 0. The van der Waals surface area contributed by atoms with Gasteiger partial charge in [-0.2, -0.15) is 5.26 Å². The van der Waals surface area contributed by atoms with E-state index in [1.165, 1.54) is 6.07 Å². The van der Waals surface area contributed by atoms with E-state index in [1.54, 1.807) is 0 Å². The topological polar surface area (TPSA) is 98.3 Å². The second kappa shape index (κ2) is 5.38. The largest absolute Gasteiger partial charge is 0.573 e. The molecule has 0 bridgehead atoms. The minimum absolute atomic E-state index is 0.451. The highest BCUT2D eigenvalue weighted by atomic mass is 19.4. The fourth-order valence-electron chi connectivity index (χ4n) is 1.28. The monoisotopic (exact) mass is 277 g/mol. The van der Waals surface area contributed by atoms with Gasteiger partial charge in [0.1, 0.15) is 5.56 Å². The lowest BCUT2D eigenvalue weighted by Gasteiger charge is -2.14. The van der Waals surface area contributed by atoms with Gasteiger partial charge in [0.2, 0.25) is 5.75 Å². The van der Waals surface area contributed by atoms with Crippen molar-refractivity contribution in [2.24, 2.45) is 0 Å². The van der Waals surface area contributed by atoms with Gasteiger partial charge < -0.3 is 19.6 Å². The van der Waals surface area contributed by atoms with E-state index >= 15 is 0 Å². The van der Waals surface area contributed by atoms with Crippen molar-refractivity contribution < 1.29 is 27.6 Å². The molecule has 0 aliphatic carbocycles. The highest BCUT2D eigenvalue weighted by Gasteiger charge is 2.36. The Morgan fingerprint density at radius 3 is 2.63 bits per heavy atom. The van der Waals surface area contributed by atoms with Crippen LogP contribution in [0.25, 0.3) is 0 Å². The van der Waals surface area contributed by atoms with Crippen LogP contribution in [0.15, 0.2) is 6.20 Å². The molecule has 0 fully saturated rings. The van der Waals surface area contributed by atoms with Crippen LogP contribution in [0.2, 0.25) is 0 Å². The van der Waals surface area contributed by atoms with Crippen molar-refractivity contribution >= 4 is 5.82 Å². The predicted molar refractivity (Wildman–Crippen MR) is 53.4 cm³/mol. The molecule has 0 unspecified atom stereocenters. The van der Waals surface area contributed by atoms with Gasteiger partial charge in [0, 0.05) is 0 Å². The van der Waals surface area contributed by atoms with Crippen LogP contribution in [0.3, 0.4) is 0 Å². The number of pyridine rings is 1. The lowest BCUT2D eigenvalue weighted by atomic mass is 10.1. The first-order chi connectivity index (χ1) is 8.80. The fourth-order valence-corrected chi connectivity index (χ4v) is 1.28. The van der Waals surface area contributed by atoms with E-state index in [-0.39, 0.29) is 0 Å². The van der Waals surface area contributed by atoms with Crippen molar-refractivity contribution in [3.05, 3.63) is 21.9 Å². The van der Waals surface area contributed by atoms with E-state index in [2.05, 4.69) is 14.5 Å². The molecule has 1 heterocycles. The van der Waals surface area contributed by atoms with Crippen molar-refractivity contribution in [3.8, 4) is 17.6 Å². The van der Waals surface area contributed by atoms with E-state index in [1.807, 2.05) is 0 Å². The molecule has 19 heavy (non-hydrogen) atoms. The third-order valence-electron chi connectivity index (χ3n) is 1.94. The fraction of sp³-hybridized carbons (Fsp3) is 0.333. The summed E-state index contributed by atoms with van der Waals surface area (Å²) in [6, 6.07) is 1.51. The van der Waals surface area contributed by atoms with Gasteiger partial charge >= 0.3 is 12.2 Å². The van der Waals surface area contributed by atoms with Gasteiger partial charge in [0.15, 0.2) is 11.9 Å². The molecule has 0 aromatic carbocycles. The summed E-state index contributed by atoms with van der Waals surface area (Å²) < 4.78 is 45.1. The summed E-state index contributed by atoms with van der Waals surface area (Å²) in [4.78, 5) is 13.0. The maximum absolute atomic E-state index is 12.3. The van der Waals surface area contributed by atoms with Crippen LogP contribution in [0.4, 0.5) is 19.0 Å². The van der Waals surface area contributed by atoms with Crippen LogP contribution in [-0.2, 0) is 6.42 Å². The Labute approximate surface area is 104 Å². The number of hydrogen-bond donors (Lipinski definition) is 0. The third kappa shape index (κ3) is 3.44. The molecule has 0 amide bonds. The number of ether oxygens (including phenoxy) is 2. The normalized spacial score (nSPS) is 10.7. The number of alkyl halides is 3. The van der Waals surface area contributed by atoms with Crippen molar-refractivity contribution in [1.82, 2.24) is 4.98 Å². The zero-order valence-electron chi connectivity index (χ0n) is 9.39. The maximum atomic E-state index is 12.3. The number of rotatable bonds is 4. The molecule has 0 atom stereocenters. The van der Waals surface area contributed by atoms with Crippen molar-refractivity contribution in [2.45, 2.75) is 12.8 Å². The minimum Gasteiger partial charge on any atom is -0.490 e. The van der Waals surface area contributed by atoms with Gasteiger partial charge in [-0.25, -0.2) is 0 Å². The molecule has 0 saturated heterocycles. The molecule has 0 spiro atoms. The average molecular weight is 277 g/mol. The van der Waals surface area contributed by atoms with Gasteiger partial charge in [-0.3, -0.25) is 0 Å². The molecule has 7 nitrogen and oxygen atoms in total. The molecule has 0 aliphatic heterocycles. The first-order valence-corrected chi connectivity index (χ1v) is 4.63. The summed E-state index contributed by atoms with van der Waals surface area (Å²) in [6.07, 6.45) is -5.03. The summed E-state index contributed by atoms with van der Waals surface area (Å²) in [7, 11) is 1.04. The first-order valence-electron chi connectivity index (χ1n) is 4.63. The number of methoxy groups -OCH3 is 1. The minimum atomic E-state index is -5.08. The van der Waals surface area contributed by atoms with Crippen LogP contribution in [0.1, 0.15) is 5.56 Å². The molecule has 10 heteroatoms. The predicted octanol–water partition coefficient (Wildman–Crippen LogP) is 1.96. The number of nitrogens with zero attached hydrogens (tertiary/aromatic N) is 3. The van der Waals surface area contributed by atoms with E-state index in [0.29, 0.717) is 0 Å². The second-order valence-corrected chi connectivity index (χ2v) is 3.10. The quantitative estimate of drug-likeness (QED) is 0.616. The number of hydrogen-bond acceptors (Lipinski definition) is 6. The summed E-state index contributed by atoms with van der Waals surface area (Å²) in [5.74, 6) is -2.27. The number of halogens is 3. The smallest absolute Gasteiger partial charge is 0.490 e. The zero-order valence-corrected chi connectivity index (χ0v) is 9.39. The van der Waals surface area contributed by atoms with Crippen molar-refractivity contribution in [1.29, 1.82) is 5.26 Å². The Kier molecular flexibility index (Phi) is 4.11. The van der Waals surface area contributed by atoms with Crippen LogP contribution in [0.5, 0.6) is 11.5 Å². The molecule has 0 aliphatic rings. The Morgan fingerprint density at radius 1 is 1.58 bits per heavy atom. The van der Waals surface area contributed by atoms with Gasteiger partial charge in [-0.15, -0.1) is 13.2 Å². The van der Waals surface area contributed by atoms with Crippen LogP contribution in [-0.4, -0.2) is 23.4 Å². The number of nitriles is 1. The highest BCUT2D eigenvalue weighted by molar-refractivity contribution is 5.53. The van der Waals surface area contributed by atoms with E-state index in [9.17, 15) is 23.3 Å². The van der Waals surface area contributed by atoms with Gasteiger partial charge in [-0.1, -0.05) is 0 Å². The molecule has 1 rings (SSSR count). The maximum Gasteiger partial charge on any atom is 0.573 e. The first kappa shape index (κ1) is 14.5. The highest BCUT2D eigenvalue weighted by Crippen LogP contribution is 2.38. The average Bonchev–Trinajstić information content (AvgIpc) is 2.29. The third-order valence-corrected chi connectivity index (χ3v) is 1.94. The summed E-state index contributed by atoms with van der Waals surface area (Å²) in [5, 5.41) is 19.2. The van der Waals surface area contributed by atoms with Crippen LogP contribution >= 0.6 is 0 Å². The van der Waals surface area contributed by atoms with Crippen LogP contribution in [0, 0.1) is 21.4 Å². The standard InChI is InChI=1S/C9H6F3N3O4/c1-18-6-4-14-8(15(16)17)5(2-3-13)7(6)19-9(10,11)12/h4H,2H2,1H3. The zero-order chi connectivity index (χ0) is 14.6. The summed E-state index contributed by atoms with van der Waals surface area (Å²) in [5.41, 5.74) is -0.593. The molecule has 1 aromatic heterocycles. The molecular weight excluding hydrogens is 271 g/mol. The van der Waals surface area contributed by atoms with E-state index in [0.717, 1.165) is 13.3 Å². The lowest BCUT2D eigenvalue weighted by Crippen LogP contribution is -2.19. The number of aromatic nitrogens is 1. The van der Waals surface area contributed by atoms with E-state index in [4.69, 9.17) is 5.26 Å². The van der Waals surface area contributed by atoms with Crippen LogP contribution < -0.4 is 9.47 Å². The van der Waals surface area contributed by atoms with Gasteiger partial charge in [0.25, 0.3) is 0 Å². The lowest BCUT2D eigenvalue weighted by molar-refractivity contribution is -0.390. The van der Waals surface area contributed by atoms with Gasteiger partial charge in [0.05, 0.1) is 19.6 Å². The van der Waals surface area contributed by atoms with Gasteiger partial charge in [-0.05, 0) is 9.91 Å². The molecule has 1 aromatic rings. The van der Waals surface area contributed by atoms with Crippen molar-refractivity contribution in [2.75, 3.05) is 7.11 Å². The molecule has 0 radical (unpaired) electrons. The Morgan fingerprint density at radius 2 is 2.21 bits per heavy atom. The molecule has 0 saturated carbocycles.